The summed E-state index contributed by atoms with van der Waals surface area (Å²) in [4.78, 5) is 4.51. The van der Waals surface area contributed by atoms with Gasteiger partial charge in [0, 0.05) is 13.7 Å². The number of hydrogen-bond donors (Lipinski definition) is 1. The zero-order valence-electron chi connectivity index (χ0n) is 8.91. The van der Waals surface area contributed by atoms with Crippen LogP contribution >= 0.6 is 11.3 Å². The van der Waals surface area contributed by atoms with Gasteiger partial charge in [0.15, 0.2) is 0 Å². The fourth-order valence-corrected chi connectivity index (χ4v) is 2.38. The van der Waals surface area contributed by atoms with Gasteiger partial charge in [-0.15, -0.1) is 11.3 Å². The minimum atomic E-state index is 0.560. The third kappa shape index (κ3) is 2.11. The molecular formula is C11H14N2OS. The number of nitrogens with one attached hydrogen (secondary N) is 1. The number of pyridine rings is 1. The SMILES string of the molecule is CCNc1cc(COC)nc2ccsc12. The van der Waals surface area contributed by atoms with Crippen LogP contribution in [-0.4, -0.2) is 18.6 Å². The molecule has 2 aromatic heterocycles. The van der Waals surface area contributed by atoms with Crippen LogP contribution < -0.4 is 5.32 Å². The molecule has 15 heavy (non-hydrogen) atoms. The van der Waals surface area contributed by atoms with Gasteiger partial charge in [0.25, 0.3) is 0 Å². The summed E-state index contributed by atoms with van der Waals surface area (Å²) < 4.78 is 6.32. The van der Waals surface area contributed by atoms with Crippen LogP contribution in [0.15, 0.2) is 17.5 Å². The van der Waals surface area contributed by atoms with Gasteiger partial charge in [0.05, 0.1) is 28.2 Å². The standard InChI is InChI=1S/C11H14N2OS/c1-3-12-10-6-8(7-14-2)13-9-4-5-15-11(9)10/h4-6H,3,7H2,1-2H3,(H,12,13). The molecule has 0 aromatic carbocycles. The molecule has 0 aliphatic rings. The molecular weight excluding hydrogens is 208 g/mol. The summed E-state index contributed by atoms with van der Waals surface area (Å²) in [6, 6.07) is 4.10. The lowest BCUT2D eigenvalue weighted by molar-refractivity contribution is 0.182. The summed E-state index contributed by atoms with van der Waals surface area (Å²) in [5, 5.41) is 5.41. The number of nitrogens with zero attached hydrogens (tertiary/aromatic N) is 1. The summed E-state index contributed by atoms with van der Waals surface area (Å²) in [5.41, 5.74) is 3.18. The maximum absolute atomic E-state index is 5.10. The van der Waals surface area contributed by atoms with Crippen LogP contribution in [0.5, 0.6) is 0 Å². The Labute approximate surface area is 93.1 Å². The molecule has 80 valence electrons. The van der Waals surface area contributed by atoms with E-state index in [0.29, 0.717) is 6.61 Å². The van der Waals surface area contributed by atoms with E-state index in [-0.39, 0.29) is 0 Å². The highest BCUT2D eigenvalue weighted by molar-refractivity contribution is 7.17. The highest BCUT2D eigenvalue weighted by Crippen LogP contribution is 2.28. The van der Waals surface area contributed by atoms with Gasteiger partial charge in [-0.2, -0.15) is 0 Å². The number of hydrogen-bond acceptors (Lipinski definition) is 4. The van der Waals surface area contributed by atoms with Crippen molar-refractivity contribution < 1.29 is 4.74 Å². The lowest BCUT2D eigenvalue weighted by atomic mass is 10.3. The highest BCUT2D eigenvalue weighted by atomic mass is 32.1. The van der Waals surface area contributed by atoms with Gasteiger partial charge >= 0.3 is 0 Å². The summed E-state index contributed by atoms with van der Waals surface area (Å²) in [7, 11) is 1.69. The van der Waals surface area contributed by atoms with Crippen LogP contribution in [0.4, 0.5) is 5.69 Å². The third-order valence-electron chi connectivity index (χ3n) is 2.12. The van der Waals surface area contributed by atoms with E-state index in [1.54, 1.807) is 18.4 Å². The maximum atomic E-state index is 5.10. The van der Waals surface area contributed by atoms with E-state index in [9.17, 15) is 0 Å². The van der Waals surface area contributed by atoms with Crippen molar-refractivity contribution in [3.63, 3.8) is 0 Å². The molecule has 0 atom stereocenters. The number of ether oxygens (including phenoxy) is 1. The molecule has 0 saturated carbocycles. The molecule has 2 heterocycles. The molecule has 0 aliphatic heterocycles. The molecule has 0 bridgehead atoms. The molecule has 0 fully saturated rings. The Bertz CT molecular complexity index is 453. The number of methoxy groups -OCH3 is 1. The molecule has 2 aromatic rings. The van der Waals surface area contributed by atoms with Crippen molar-refractivity contribution >= 4 is 27.2 Å². The summed E-state index contributed by atoms with van der Waals surface area (Å²) in [5.74, 6) is 0. The fraction of sp³-hybridized carbons (Fsp3) is 0.364. The molecule has 0 radical (unpaired) electrons. The second-order valence-electron chi connectivity index (χ2n) is 3.26. The van der Waals surface area contributed by atoms with Gasteiger partial charge in [0.2, 0.25) is 0 Å². The smallest absolute Gasteiger partial charge is 0.0885 e. The molecule has 1 N–H and O–H groups in total. The van der Waals surface area contributed by atoms with Crippen molar-refractivity contribution in [3.05, 3.63) is 23.2 Å². The Morgan fingerprint density at radius 3 is 3.13 bits per heavy atom. The molecule has 3 nitrogen and oxygen atoms in total. The van der Waals surface area contributed by atoms with Gasteiger partial charge in [-0.1, -0.05) is 0 Å². The minimum Gasteiger partial charge on any atom is -0.384 e. The first-order chi connectivity index (χ1) is 7.35. The van der Waals surface area contributed by atoms with Crippen LogP contribution in [0.3, 0.4) is 0 Å². The van der Waals surface area contributed by atoms with Crippen molar-refractivity contribution in [2.75, 3.05) is 19.0 Å². The maximum Gasteiger partial charge on any atom is 0.0885 e. The molecule has 0 amide bonds. The average Bonchev–Trinajstić information content (AvgIpc) is 2.67. The summed E-state index contributed by atoms with van der Waals surface area (Å²) in [6.07, 6.45) is 0. The van der Waals surface area contributed by atoms with E-state index in [1.807, 2.05) is 6.07 Å². The van der Waals surface area contributed by atoms with E-state index >= 15 is 0 Å². The predicted molar refractivity (Wildman–Crippen MR) is 64.5 cm³/mol. The van der Waals surface area contributed by atoms with Gasteiger partial charge in [-0.05, 0) is 24.4 Å². The van der Waals surface area contributed by atoms with Gasteiger partial charge in [-0.3, -0.25) is 0 Å². The van der Waals surface area contributed by atoms with Crippen LogP contribution in [0.2, 0.25) is 0 Å². The van der Waals surface area contributed by atoms with E-state index in [1.165, 1.54) is 4.70 Å². The lowest BCUT2D eigenvalue weighted by Crippen LogP contribution is -2.00. The number of anilines is 1. The second-order valence-corrected chi connectivity index (χ2v) is 4.18. The van der Waals surface area contributed by atoms with Gasteiger partial charge < -0.3 is 10.1 Å². The number of thiophene rings is 1. The average molecular weight is 222 g/mol. The van der Waals surface area contributed by atoms with Crippen LogP contribution in [0.25, 0.3) is 10.2 Å². The minimum absolute atomic E-state index is 0.560. The van der Waals surface area contributed by atoms with Gasteiger partial charge in [-0.25, -0.2) is 4.98 Å². The molecule has 0 spiro atoms. The molecule has 0 saturated heterocycles. The molecule has 0 aliphatic carbocycles. The molecule has 4 heteroatoms. The second kappa shape index (κ2) is 4.59. The molecule has 0 unspecified atom stereocenters. The first-order valence-corrected chi connectivity index (χ1v) is 5.83. The number of fused-ring (bicyclic) bond motifs is 1. The van der Waals surface area contributed by atoms with Gasteiger partial charge in [0.1, 0.15) is 0 Å². The van der Waals surface area contributed by atoms with E-state index in [0.717, 1.165) is 23.4 Å². The quantitative estimate of drug-likeness (QED) is 0.863. The molecule has 2 rings (SSSR count). The first-order valence-electron chi connectivity index (χ1n) is 4.95. The largest absolute Gasteiger partial charge is 0.384 e. The van der Waals surface area contributed by atoms with Crippen molar-refractivity contribution in [1.82, 2.24) is 4.98 Å². The van der Waals surface area contributed by atoms with Crippen LogP contribution in [0.1, 0.15) is 12.6 Å². The Morgan fingerprint density at radius 1 is 1.53 bits per heavy atom. The van der Waals surface area contributed by atoms with Crippen molar-refractivity contribution in [2.45, 2.75) is 13.5 Å². The Morgan fingerprint density at radius 2 is 2.40 bits per heavy atom. The Hall–Kier alpha value is -1.13. The van der Waals surface area contributed by atoms with E-state index < -0.39 is 0 Å². The Balaban J connectivity index is 2.48. The number of aromatic nitrogens is 1. The topological polar surface area (TPSA) is 34.1 Å². The predicted octanol–water partition coefficient (Wildman–Crippen LogP) is 2.87. The van der Waals surface area contributed by atoms with Crippen LogP contribution in [-0.2, 0) is 11.3 Å². The number of rotatable bonds is 4. The normalized spacial score (nSPS) is 10.8. The van der Waals surface area contributed by atoms with Crippen LogP contribution in [0, 0.1) is 0 Å². The first kappa shape index (κ1) is 10.4. The summed E-state index contributed by atoms with van der Waals surface area (Å²) in [6.45, 7) is 3.57. The monoisotopic (exact) mass is 222 g/mol. The van der Waals surface area contributed by atoms with Crippen molar-refractivity contribution in [2.24, 2.45) is 0 Å². The van der Waals surface area contributed by atoms with Crippen molar-refractivity contribution in [3.8, 4) is 0 Å². The zero-order chi connectivity index (χ0) is 10.7. The third-order valence-corrected chi connectivity index (χ3v) is 3.06. The fourth-order valence-electron chi connectivity index (χ4n) is 1.55. The lowest BCUT2D eigenvalue weighted by Gasteiger charge is -2.07. The Kier molecular flexibility index (Phi) is 3.18. The zero-order valence-corrected chi connectivity index (χ0v) is 9.73. The summed E-state index contributed by atoms with van der Waals surface area (Å²) >= 11 is 1.71. The van der Waals surface area contributed by atoms with Crippen molar-refractivity contribution in [1.29, 1.82) is 0 Å². The highest BCUT2D eigenvalue weighted by Gasteiger charge is 2.05. The van der Waals surface area contributed by atoms with E-state index in [4.69, 9.17) is 4.74 Å². The van der Waals surface area contributed by atoms with E-state index in [2.05, 4.69) is 28.7 Å².